The molecule has 0 fully saturated rings. The minimum atomic E-state index is -0.913. The zero-order chi connectivity index (χ0) is 16.4. The van der Waals surface area contributed by atoms with E-state index in [1.807, 2.05) is 6.92 Å². The van der Waals surface area contributed by atoms with Crippen LogP contribution in [0, 0.1) is 0 Å². The maximum atomic E-state index is 12.0. The highest BCUT2D eigenvalue weighted by molar-refractivity contribution is 5.91. The van der Waals surface area contributed by atoms with Gasteiger partial charge in [-0.2, -0.15) is 0 Å². The summed E-state index contributed by atoms with van der Waals surface area (Å²) >= 11 is 0. The lowest BCUT2D eigenvalue weighted by Crippen LogP contribution is -2.51. The van der Waals surface area contributed by atoms with Crippen molar-refractivity contribution in [2.45, 2.75) is 51.6 Å². The van der Waals surface area contributed by atoms with Crippen LogP contribution in [0.25, 0.3) is 0 Å². The highest BCUT2D eigenvalue weighted by Crippen LogP contribution is 2.00. The molecule has 21 heavy (non-hydrogen) atoms. The van der Waals surface area contributed by atoms with Crippen LogP contribution in [-0.4, -0.2) is 42.9 Å². The molecule has 2 atom stereocenters. The topological polar surface area (TPSA) is 128 Å². The molecule has 4 N–H and O–H groups in total. The number of nitrogens with one attached hydrogen (secondary N) is 2. The molecule has 0 heterocycles. The molecule has 0 aliphatic rings. The maximum Gasteiger partial charge on any atom is 0.328 e. The first-order chi connectivity index (χ1) is 9.81. The van der Waals surface area contributed by atoms with Gasteiger partial charge >= 0.3 is 5.97 Å². The molecule has 0 spiro atoms. The Morgan fingerprint density at radius 2 is 1.76 bits per heavy atom. The van der Waals surface area contributed by atoms with Crippen molar-refractivity contribution in [1.82, 2.24) is 10.6 Å². The Labute approximate surface area is 123 Å². The molecule has 0 rings (SSSR count). The van der Waals surface area contributed by atoms with Crippen molar-refractivity contribution in [3.63, 3.8) is 0 Å². The molecular weight excluding hydrogens is 278 g/mol. The molecule has 0 aliphatic heterocycles. The number of carbonyl (C=O) groups excluding carboxylic acids is 4. The number of hydrogen-bond acceptors (Lipinski definition) is 5. The van der Waals surface area contributed by atoms with Gasteiger partial charge in [0.25, 0.3) is 0 Å². The summed E-state index contributed by atoms with van der Waals surface area (Å²) in [4.78, 5) is 45.7. The van der Waals surface area contributed by atoms with Gasteiger partial charge in [-0.05, 0) is 19.8 Å². The summed E-state index contributed by atoms with van der Waals surface area (Å²) in [6.45, 7) is 3.29. The van der Waals surface area contributed by atoms with Crippen LogP contribution in [0.5, 0.6) is 0 Å². The molecule has 0 unspecified atom stereocenters. The Balaban J connectivity index is 4.68. The van der Waals surface area contributed by atoms with Gasteiger partial charge in [-0.1, -0.05) is 6.92 Å². The molecule has 0 aromatic carbocycles. The number of amides is 3. The van der Waals surface area contributed by atoms with Gasteiger partial charge in [0.2, 0.25) is 17.7 Å². The second-order valence-electron chi connectivity index (χ2n) is 4.63. The number of esters is 1. The summed E-state index contributed by atoms with van der Waals surface area (Å²) in [7, 11) is 1.21. The fourth-order valence-electron chi connectivity index (χ4n) is 1.60. The van der Waals surface area contributed by atoms with Crippen molar-refractivity contribution < 1.29 is 23.9 Å². The molecule has 8 heteroatoms. The van der Waals surface area contributed by atoms with E-state index in [4.69, 9.17) is 5.73 Å². The lowest BCUT2D eigenvalue weighted by Gasteiger charge is -2.20. The number of rotatable bonds is 9. The third-order valence-corrected chi connectivity index (χ3v) is 2.72. The standard InChI is InChI=1S/C13H23N3O5/c1-4-5-11(18)16-9(6-7-10(14)17)12(19)15-8(2)13(20)21-3/h8-9H,4-7H2,1-3H3,(H2,14,17)(H,15,19)(H,16,18)/t8-,9+/m0/s1. The molecule has 0 saturated heterocycles. The van der Waals surface area contributed by atoms with E-state index in [0.717, 1.165) is 0 Å². The molecular formula is C13H23N3O5. The Morgan fingerprint density at radius 3 is 2.24 bits per heavy atom. The van der Waals surface area contributed by atoms with Crippen LogP contribution in [-0.2, 0) is 23.9 Å². The van der Waals surface area contributed by atoms with Crippen molar-refractivity contribution in [2.24, 2.45) is 5.73 Å². The summed E-state index contributed by atoms with van der Waals surface area (Å²) in [5.41, 5.74) is 5.04. The summed E-state index contributed by atoms with van der Waals surface area (Å²) in [6.07, 6.45) is 0.934. The maximum absolute atomic E-state index is 12.0. The van der Waals surface area contributed by atoms with Crippen molar-refractivity contribution in [3.8, 4) is 0 Å². The summed E-state index contributed by atoms with van der Waals surface area (Å²) in [5, 5.41) is 4.95. The number of hydrogen-bond donors (Lipinski definition) is 3. The third-order valence-electron chi connectivity index (χ3n) is 2.72. The monoisotopic (exact) mass is 301 g/mol. The third kappa shape index (κ3) is 7.91. The van der Waals surface area contributed by atoms with Crippen LogP contribution in [0.3, 0.4) is 0 Å². The van der Waals surface area contributed by atoms with E-state index < -0.39 is 29.9 Å². The molecule has 120 valence electrons. The van der Waals surface area contributed by atoms with Crippen LogP contribution in [0.1, 0.15) is 39.5 Å². The van der Waals surface area contributed by atoms with Crippen molar-refractivity contribution in [2.75, 3.05) is 7.11 Å². The van der Waals surface area contributed by atoms with E-state index in [9.17, 15) is 19.2 Å². The van der Waals surface area contributed by atoms with E-state index in [1.165, 1.54) is 14.0 Å². The molecule has 0 aromatic rings. The molecule has 3 amide bonds. The zero-order valence-corrected chi connectivity index (χ0v) is 12.6. The Bertz CT molecular complexity index is 397. The van der Waals surface area contributed by atoms with Crippen molar-refractivity contribution >= 4 is 23.7 Å². The van der Waals surface area contributed by atoms with E-state index in [0.29, 0.717) is 6.42 Å². The fraction of sp³-hybridized carbons (Fsp3) is 0.692. The Kier molecular flexibility index (Phi) is 8.75. The average Bonchev–Trinajstić information content (AvgIpc) is 2.42. The molecule has 8 nitrogen and oxygen atoms in total. The van der Waals surface area contributed by atoms with Crippen LogP contribution >= 0.6 is 0 Å². The second-order valence-corrected chi connectivity index (χ2v) is 4.63. The second kappa shape index (κ2) is 9.73. The quantitative estimate of drug-likeness (QED) is 0.481. The number of nitrogens with two attached hydrogens (primary N) is 1. The molecule has 0 radical (unpaired) electrons. The smallest absolute Gasteiger partial charge is 0.328 e. The van der Waals surface area contributed by atoms with Crippen LogP contribution in [0.15, 0.2) is 0 Å². The molecule has 0 bridgehead atoms. The number of ether oxygens (including phenoxy) is 1. The first kappa shape index (κ1) is 18.9. The van der Waals surface area contributed by atoms with Gasteiger partial charge in [-0.25, -0.2) is 4.79 Å². The van der Waals surface area contributed by atoms with Crippen molar-refractivity contribution in [1.29, 1.82) is 0 Å². The fourth-order valence-corrected chi connectivity index (χ4v) is 1.60. The highest BCUT2D eigenvalue weighted by atomic mass is 16.5. The van der Waals surface area contributed by atoms with Gasteiger partial charge in [0, 0.05) is 12.8 Å². The molecule has 0 saturated carbocycles. The molecule has 0 aliphatic carbocycles. The number of methoxy groups -OCH3 is 1. The molecule has 0 aromatic heterocycles. The van der Waals surface area contributed by atoms with Crippen LogP contribution in [0.2, 0.25) is 0 Å². The summed E-state index contributed by atoms with van der Waals surface area (Å²) in [6, 6.07) is -1.76. The first-order valence-electron chi connectivity index (χ1n) is 6.77. The average molecular weight is 301 g/mol. The lowest BCUT2D eigenvalue weighted by molar-refractivity contribution is -0.144. The minimum Gasteiger partial charge on any atom is -0.467 e. The van der Waals surface area contributed by atoms with Gasteiger partial charge < -0.3 is 21.1 Å². The highest BCUT2D eigenvalue weighted by Gasteiger charge is 2.24. The largest absolute Gasteiger partial charge is 0.467 e. The first-order valence-corrected chi connectivity index (χ1v) is 6.77. The van der Waals surface area contributed by atoms with E-state index in [-0.39, 0.29) is 25.2 Å². The van der Waals surface area contributed by atoms with E-state index in [1.54, 1.807) is 0 Å². The number of carbonyl (C=O) groups is 4. The Morgan fingerprint density at radius 1 is 1.14 bits per heavy atom. The summed E-state index contributed by atoms with van der Waals surface area (Å²) < 4.78 is 4.50. The summed E-state index contributed by atoms with van der Waals surface area (Å²) in [5.74, 6) is -2.03. The SMILES string of the molecule is CCCC(=O)N[C@H](CCC(N)=O)C(=O)N[C@@H](C)C(=O)OC. The van der Waals surface area contributed by atoms with Crippen LogP contribution in [0.4, 0.5) is 0 Å². The van der Waals surface area contributed by atoms with Gasteiger partial charge in [-0.3, -0.25) is 14.4 Å². The van der Waals surface area contributed by atoms with E-state index in [2.05, 4.69) is 15.4 Å². The predicted octanol–water partition coefficient (Wildman–Crippen LogP) is -0.785. The normalized spacial score (nSPS) is 12.9. The zero-order valence-electron chi connectivity index (χ0n) is 12.6. The number of primary amides is 1. The van der Waals surface area contributed by atoms with Crippen molar-refractivity contribution in [3.05, 3.63) is 0 Å². The minimum absolute atomic E-state index is 0.0445. The van der Waals surface area contributed by atoms with Crippen LogP contribution < -0.4 is 16.4 Å². The van der Waals surface area contributed by atoms with Gasteiger partial charge in [0.1, 0.15) is 12.1 Å². The van der Waals surface area contributed by atoms with Gasteiger partial charge in [0.15, 0.2) is 0 Å². The van der Waals surface area contributed by atoms with Gasteiger partial charge in [-0.15, -0.1) is 0 Å². The Hall–Kier alpha value is -2.12. The van der Waals surface area contributed by atoms with E-state index >= 15 is 0 Å². The van der Waals surface area contributed by atoms with Gasteiger partial charge in [0.05, 0.1) is 7.11 Å². The lowest BCUT2D eigenvalue weighted by atomic mass is 10.1. The predicted molar refractivity (Wildman–Crippen MR) is 74.9 cm³/mol.